The van der Waals surface area contributed by atoms with Gasteiger partial charge in [0.25, 0.3) is 5.91 Å². The highest BCUT2D eigenvalue weighted by atomic mass is 35.5. The van der Waals surface area contributed by atoms with Gasteiger partial charge in [0, 0.05) is 6.04 Å². The predicted molar refractivity (Wildman–Crippen MR) is 65.9 cm³/mol. The van der Waals surface area contributed by atoms with E-state index >= 15 is 0 Å². The molecule has 17 heavy (non-hydrogen) atoms. The summed E-state index contributed by atoms with van der Waals surface area (Å²) < 4.78 is 0. The lowest BCUT2D eigenvalue weighted by molar-refractivity contribution is 0.0937. The van der Waals surface area contributed by atoms with Gasteiger partial charge in [-0.05, 0) is 23.0 Å². The summed E-state index contributed by atoms with van der Waals surface area (Å²) in [5.74, 6) is -0.196. The normalized spacial score (nSPS) is 21.0. The van der Waals surface area contributed by atoms with E-state index in [0.29, 0.717) is 5.69 Å². The maximum atomic E-state index is 11.9. The Morgan fingerprint density at radius 2 is 1.82 bits per heavy atom. The van der Waals surface area contributed by atoms with Crippen LogP contribution in [-0.2, 0) is 0 Å². The molecule has 92 valence electrons. The van der Waals surface area contributed by atoms with E-state index in [0.717, 1.165) is 0 Å². The molecule has 1 N–H and O–H groups in total. The summed E-state index contributed by atoms with van der Waals surface area (Å²) in [7, 11) is 0. The Balaban J connectivity index is 2.07. The lowest BCUT2D eigenvalue weighted by atomic mass is 10.0. The van der Waals surface area contributed by atoms with Crippen molar-refractivity contribution >= 4 is 17.5 Å². The van der Waals surface area contributed by atoms with E-state index < -0.39 is 0 Å². The van der Waals surface area contributed by atoms with E-state index in [2.05, 4.69) is 43.2 Å². The number of aromatic nitrogens is 2. The molecule has 2 rings (SSSR count). The predicted octanol–water partition coefficient (Wildman–Crippen LogP) is 2.29. The van der Waals surface area contributed by atoms with E-state index in [4.69, 9.17) is 11.6 Å². The number of carbonyl (C=O) groups excluding carboxylic acids is 1. The van der Waals surface area contributed by atoms with Crippen molar-refractivity contribution < 1.29 is 4.79 Å². The molecule has 1 aliphatic carbocycles. The first kappa shape index (κ1) is 12.3. The summed E-state index contributed by atoms with van der Waals surface area (Å²) >= 11 is 5.62. The molecule has 1 aromatic heterocycles. The summed E-state index contributed by atoms with van der Waals surface area (Å²) in [4.78, 5) is 11.9. The number of amides is 1. The van der Waals surface area contributed by atoms with Crippen LogP contribution in [0.2, 0.25) is 5.15 Å². The van der Waals surface area contributed by atoms with Gasteiger partial charge < -0.3 is 5.32 Å². The number of hydrogen-bond donors (Lipinski definition) is 1. The Morgan fingerprint density at radius 1 is 1.24 bits per heavy atom. The summed E-state index contributed by atoms with van der Waals surface area (Å²) in [6.45, 7) is 8.58. The lowest BCUT2D eigenvalue weighted by Crippen LogP contribution is -2.30. The highest BCUT2D eigenvalue weighted by Gasteiger charge is 2.65. The molecule has 0 bridgehead atoms. The highest BCUT2D eigenvalue weighted by Crippen LogP contribution is 2.62. The number of nitrogens with one attached hydrogen (secondary N) is 1. The van der Waals surface area contributed by atoms with Crippen molar-refractivity contribution in [1.82, 2.24) is 15.5 Å². The standard InChI is InChI=1S/C12H16ClN3O/c1-11(2)10(12(11,3)4)14-9(17)7-5-6-8(13)16-15-7/h5-6,10H,1-4H3,(H,14,17). The maximum Gasteiger partial charge on any atom is 0.272 e. The van der Waals surface area contributed by atoms with Crippen LogP contribution < -0.4 is 5.32 Å². The van der Waals surface area contributed by atoms with Gasteiger partial charge in [-0.2, -0.15) is 0 Å². The first-order valence-electron chi connectivity index (χ1n) is 5.57. The van der Waals surface area contributed by atoms with E-state index in [1.807, 2.05) is 0 Å². The van der Waals surface area contributed by atoms with Crippen LogP contribution in [-0.4, -0.2) is 22.1 Å². The Kier molecular flexibility index (Phi) is 2.65. The van der Waals surface area contributed by atoms with Crippen molar-refractivity contribution in [3.05, 3.63) is 23.0 Å². The van der Waals surface area contributed by atoms with Crippen molar-refractivity contribution in [3.8, 4) is 0 Å². The third-order valence-corrected chi connectivity index (χ3v) is 4.36. The molecule has 0 radical (unpaired) electrons. The molecular formula is C12H16ClN3O. The Hall–Kier alpha value is -1.16. The molecule has 0 aliphatic heterocycles. The minimum Gasteiger partial charge on any atom is -0.347 e. The summed E-state index contributed by atoms with van der Waals surface area (Å²) in [5, 5.41) is 10.7. The Labute approximate surface area is 106 Å². The fraction of sp³-hybridized carbons (Fsp3) is 0.583. The zero-order valence-electron chi connectivity index (χ0n) is 10.4. The fourth-order valence-corrected chi connectivity index (χ4v) is 2.30. The van der Waals surface area contributed by atoms with Crippen molar-refractivity contribution in [1.29, 1.82) is 0 Å². The highest BCUT2D eigenvalue weighted by molar-refractivity contribution is 6.29. The van der Waals surface area contributed by atoms with E-state index in [1.165, 1.54) is 0 Å². The summed E-state index contributed by atoms with van der Waals surface area (Å²) in [5.41, 5.74) is 0.526. The van der Waals surface area contributed by atoms with E-state index in [-0.39, 0.29) is 27.9 Å². The summed E-state index contributed by atoms with van der Waals surface area (Å²) in [6, 6.07) is 3.31. The lowest BCUT2D eigenvalue weighted by Gasteiger charge is -2.05. The topological polar surface area (TPSA) is 54.9 Å². The van der Waals surface area contributed by atoms with Crippen LogP contribution in [0, 0.1) is 10.8 Å². The zero-order chi connectivity index (χ0) is 12.8. The van der Waals surface area contributed by atoms with Gasteiger partial charge in [-0.1, -0.05) is 39.3 Å². The van der Waals surface area contributed by atoms with Gasteiger partial charge in [0.15, 0.2) is 10.8 Å². The minimum absolute atomic E-state index is 0.114. The van der Waals surface area contributed by atoms with Crippen LogP contribution in [0.15, 0.2) is 12.1 Å². The molecular weight excluding hydrogens is 238 g/mol. The molecule has 0 unspecified atom stereocenters. The summed E-state index contributed by atoms with van der Waals surface area (Å²) in [6.07, 6.45) is 0. The third-order valence-electron chi connectivity index (χ3n) is 4.16. The van der Waals surface area contributed by atoms with Crippen molar-refractivity contribution in [3.63, 3.8) is 0 Å². The van der Waals surface area contributed by atoms with Crippen LogP contribution in [0.4, 0.5) is 0 Å². The van der Waals surface area contributed by atoms with Crippen molar-refractivity contribution in [2.75, 3.05) is 0 Å². The number of nitrogens with zero attached hydrogens (tertiary/aromatic N) is 2. The Bertz CT molecular complexity index is 439. The van der Waals surface area contributed by atoms with Crippen LogP contribution in [0.5, 0.6) is 0 Å². The van der Waals surface area contributed by atoms with Gasteiger partial charge in [-0.3, -0.25) is 4.79 Å². The van der Waals surface area contributed by atoms with Gasteiger partial charge in [-0.15, -0.1) is 10.2 Å². The molecule has 5 heteroatoms. The fourth-order valence-electron chi connectivity index (χ4n) is 2.20. The molecule has 1 fully saturated rings. The van der Waals surface area contributed by atoms with Gasteiger partial charge in [0.05, 0.1) is 0 Å². The quantitative estimate of drug-likeness (QED) is 0.880. The van der Waals surface area contributed by atoms with Crippen LogP contribution in [0.1, 0.15) is 38.2 Å². The van der Waals surface area contributed by atoms with Gasteiger partial charge in [-0.25, -0.2) is 0 Å². The monoisotopic (exact) mass is 253 g/mol. The molecule has 0 aromatic carbocycles. The second-order valence-corrected chi connectivity index (χ2v) is 5.98. The van der Waals surface area contributed by atoms with E-state index in [1.54, 1.807) is 12.1 Å². The molecule has 4 nitrogen and oxygen atoms in total. The van der Waals surface area contributed by atoms with E-state index in [9.17, 15) is 4.79 Å². The molecule has 1 aliphatic rings. The second kappa shape index (κ2) is 3.67. The third kappa shape index (κ3) is 1.90. The molecule has 1 amide bonds. The van der Waals surface area contributed by atoms with Crippen molar-refractivity contribution in [2.45, 2.75) is 33.7 Å². The van der Waals surface area contributed by atoms with Gasteiger partial charge >= 0.3 is 0 Å². The molecule has 1 saturated carbocycles. The molecule has 0 saturated heterocycles. The average molecular weight is 254 g/mol. The number of carbonyl (C=O) groups is 1. The number of hydrogen-bond acceptors (Lipinski definition) is 3. The smallest absolute Gasteiger partial charge is 0.272 e. The number of halogens is 1. The van der Waals surface area contributed by atoms with Crippen LogP contribution in [0.25, 0.3) is 0 Å². The first-order chi connectivity index (χ1) is 7.76. The molecule has 1 aromatic rings. The van der Waals surface area contributed by atoms with Gasteiger partial charge in [0.2, 0.25) is 0 Å². The van der Waals surface area contributed by atoms with Crippen LogP contribution >= 0.6 is 11.6 Å². The second-order valence-electron chi connectivity index (χ2n) is 5.59. The zero-order valence-corrected chi connectivity index (χ0v) is 11.2. The largest absolute Gasteiger partial charge is 0.347 e. The SMILES string of the molecule is CC1(C)C(NC(=O)c2ccc(Cl)nn2)C1(C)C. The molecule has 0 spiro atoms. The van der Waals surface area contributed by atoms with Crippen molar-refractivity contribution in [2.24, 2.45) is 10.8 Å². The number of rotatable bonds is 2. The Morgan fingerprint density at radius 3 is 2.24 bits per heavy atom. The minimum atomic E-state index is -0.196. The molecule has 0 atom stereocenters. The average Bonchev–Trinajstić information content (AvgIpc) is 2.62. The first-order valence-corrected chi connectivity index (χ1v) is 5.94. The van der Waals surface area contributed by atoms with Crippen LogP contribution in [0.3, 0.4) is 0 Å². The maximum absolute atomic E-state index is 11.9. The van der Waals surface area contributed by atoms with Gasteiger partial charge in [0.1, 0.15) is 0 Å². The molecule has 1 heterocycles.